The maximum atomic E-state index is 13.4. The summed E-state index contributed by atoms with van der Waals surface area (Å²) in [6.07, 6.45) is 3.49. The van der Waals surface area contributed by atoms with Crippen molar-refractivity contribution in [1.82, 2.24) is 10.2 Å². The topological polar surface area (TPSA) is 97.0 Å². The molecule has 1 atom stereocenters. The van der Waals surface area contributed by atoms with E-state index in [1.807, 2.05) is 13.0 Å². The minimum Gasteiger partial charge on any atom is -0.494 e. The number of carbonyl (C=O) groups is 3. The quantitative estimate of drug-likeness (QED) is 0.589. The summed E-state index contributed by atoms with van der Waals surface area (Å²) < 4.78 is 10.7. The standard InChI is InChI=1S/C25H37N3O5/c1-8-32-20-13-11-18(12-14-20)27-22(30)28(19-10-9-15-25(6,7)16-19)21(29)17(2)26-23(31)33-24(3,4)5/h10-14,17H,8-9,15-16H2,1-7H3,(H,26,31)(H,27,30). The number of imide groups is 1. The van der Waals surface area contributed by atoms with Gasteiger partial charge in [0.1, 0.15) is 17.4 Å². The summed E-state index contributed by atoms with van der Waals surface area (Å²) in [4.78, 5) is 40.0. The van der Waals surface area contributed by atoms with Crippen molar-refractivity contribution in [3.63, 3.8) is 0 Å². The third-order valence-corrected chi connectivity index (χ3v) is 5.09. The molecule has 1 aliphatic carbocycles. The lowest BCUT2D eigenvalue weighted by Gasteiger charge is -2.35. The van der Waals surface area contributed by atoms with Gasteiger partial charge in [-0.05, 0) is 83.6 Å². The van der Waals surface area contributed by atoms with E-state index in [0.717, 1.165) is 17.7 Å². The van der Waals surface area contributed by atoms with Crippen molar-refractivity contribution in [3.05, 3.63) is 36.0 Å². The molecular weight excluding hydrogens is 422 g/mol. The predicted molar refractivity (Wildman–Crippen MR) is 128 cm³/mol. The number of hydrogen-bond donors (Lipinski definition) is 2. The summed E-state index contributed by atoms with van der Waals surface area (Å²) in [7, 11) is 0. The zero-order valence-corrected chi connectivity index (χ0v) is 20.8. The Kier molecular flexibility index (Phi) is 8.52. The SMILES string of the molecule is CCOc1ccc(NC(=O)N(C(=O)C(C)NC(=O)OC(C)(C)C)C2=CCCC(C)(C)C2)cc1. The second kappa shape index (κ2) is 10.7. The lowest BCUT2D eigenvalue weighted by atomic mass is 9.79. The summed E-state index contributed by atoms with van der Waals surface area (Å²) in [5.74, 6) is 0.156. The van der Waals surface area contributed by atoms with Crippen LogP contribution in [-0.4, -0.2) is 41.2 Å². The molecule has 1 unspecified atom stereocenters. The first kappa shape index (κ1) is 26.2. The zero-order valence-electron chi connectivity index (χ0n) is 20.8. The van der Waals surface area contributed by atoms with E-state index in [0.29, 0.717) is 30.2 Å². The predicted octanol–water partition coefficient (Wildman–Crippen LogP) is 5.45. The Hall–Kier alpha value is -3.03. The van der Waals surface area contributed by atoms with Crippen LogP contribution in [0.4, 0.5) is 15.3 Å². The molecule has 33 heavy (non-hydrogen) atoms. The molecule has 8 nitrogen and oxygen atoms in total. The van der Waals surface area contributed by atoms with Crippen LogP contribution in [0.5, 0.6) is 5.75 Å². The Bertz CT molecular complexity index is 884. The molecule has 8 heteroatoms. The van der Waals surface area contributed by atoms with Crippen LogP contribution in [0.25, 0.3) is 0 Å². The molecule has 0 aliphatic heterocycles. The van der Waals surface area contributed by atoms with Gasteiger partial charge in [-0.1, -0.05) is 19.9 Å². The third-order valence-electron chi connectivity index (χ3n) is 5.09. The number of alkyl carbamates (subject to hydrolysis) is 1. The fourth-order valence-corrected chi connectivity index (χ4v) is 3.54. The zero-order chi connectivity index (χ0) is 24.8. The average Bonchev–Trinajstić information content (AvgIpc) is 2.67. The number of allylic oxidation sites excluding steroid dienone is 2. The molecule has 0 bridgehead atoms. The number of benzene rings is 1. The van der Waals surface area contributed by atoms with Gasteiger partial charge >= 0.3 is 12.1 Å². The van der Waals surface area contributed by atoms with Crippen molar-refractivity contribution in [3.8, 4) is 5.75 Å². The van der Waals surface area contributed by atoms with Gasteiger partial charge in [0.05, 0.1) is 6.61 Å². The van der Waals surface area contributed by atoms with Gasteiger partial charge in [-0.25, -0.2) is 14.5 Å². The number of nitrogens with one attached hydrogen (secondary N) is 2. The summed E-state index contributed by atoms with van der Waals surface area (Å²) in [6, 6.07) is 5.39. The first-order valence-electron chi connectivity index (χ1n) is 11.4. The highest BCUT2D eigenvalue weighted by Crippen LogP contribution is 2.37. The van der Waals surface area contributed by atoms with E-state index in [4.69, 9.17) is 9.47 Å². The number of amides is 4. The minimum atomic E-state index is -0.961. The van der Waals surface area contributed by atoms with Crippen LogP contribution in [0.15, 0.2) is 36.0 Å². The number of urea groups is 1. The molecule has 1 aromatic rings. The smallest absolute Gasteiger partial charge is 0.408 e. The Morgan fingerprint density at radius 3 is 2.33 bits per heavy atom. The first-order chi connectivity index (χ1) is 15.3. The fourth-order valence-electron chi connectivity index (χ4n) is 3.54. The summed E-state index contributed by atoms with van der Waals surface area (Å²) in [5, 5.41) is 5.33. The van der Waals surface area contributed by atoms with Gasteiger partial charge in [0.2, 0.25) is 0 Å². The van der Waals surface area contributed by atoms with Gasteiger partial charge in [-0.3, -0.25) is 4.79 Å². The molecule has 0 saturated carbocycles. The largest absolute Gasteiger partial charge is 0.494 e. The monoisotopic (exact) mass is 459 g/mol. The lowest BCUT2D eigenvalue weighted by Crippen LogP contribution is -2.51. The van der Waals surface area contributed by atoms with E-state index < -0.39 is 29.7 Å². The van der Waals surface area contributed by atoms with Gasteiger partial charge in [0.15, 0.2) is 0 Å². The van der Waals surface area contributed by atoms with Gasteiger partial charge in [-0.2, -0.15) is 0 Å². The molecule has 2 rings (SSSR count). The van der Waals surface area contributed by atoms with Crippen LogP contribution < -0.4 is 15.4 Å². The molecule has 0 aromatic heterocycles. The van der Waals surface area contributed by atoms with Crippen molar-refractivity contribution in [2.45, 2.75) is 79.4 Å². The maximum absolute atomic E-state index is 13.4. The van der Waals surface area contributed by atoms with Crippen molar-refractivity contribution < 1.29 is 23.9 Å². The van der Waals surface area contributed by atoms with Crippen molar-refractivity contribution in [2.75, 3.05) is 11.9 Å². The van der Waals surface area contributed by atoms with E-state index in [1.54, 1.807) is 45.0 Å². The number of hydrogen-bond acceptors (Lipinski definition) is 5. The number of anilines is 1. The molecule has 4 amide bonds. The fraction of sp³-hybridized carbons (Fsp3) is 0.560. The molecule has 0 spiro atoms. The molecule has 0 saturated heterocycles. The first-order valence-corrected chi connectivity index (χ1v) is 11.4. The van der Waals surface area contributed by atoms with Gasteiger partial charge in [-0.15, -0.1) is 0 Å². The van der Waals surface area contributed by atoms with Gasteiger partial charge in [0.25, 0.3) is 5.91 Å². The molecule has 0 fully saturated rings. The maximum Gasteiger partial charge on any atom is 0.408 e. The number of rotatable bonds is 6. The molecular formula is C25H37N3O5. The third kappa shape index (κ3) is 8.11. The Labute approximate surface area is 196 Å². The molecule has 1 aliphatic rings. The average molecular weight is 460 g/mol. The Morgan fingerprint density at radius 1 is 1.15 bits per heavy atom. The summed E-state index contributed by atoms with van der Waals surface area (Å²) in [6.45, 7) is 13.4. The van der Waals surface area contributed by atoms with E-state index in [2.05, 4.69) is 24.5 Å². The van der Waals surface area contributed by atoms with Crippen LogP contribution in [-0.2, 0) is 9.53 Å². The van der Waals surface area contributed by atoms with E-state index in [1.165, 1.54) is 6.92 Å². The molecule has 0 radical (unpaired) electrons. The van der Waals surface area contributed by atoms with Crippen LogP contribution in [0, 0.1) is 5.41 Å². The van der Waals surface area contributed by atoms with E-state index in [-0.39, 0.29) is 5.41 Å². The minimum absolute atomic E-state index is 0.0517. The lowest BCUT2D eigenvalue weighted by molar-refractivity contribution is -0.128. The van der Waals surface area contributed by atoms with Gasteiger partial charge in [0, 0.05) is 11.4 Å². The summed E-state index contributed by atoms with van der Waals surface area (Å²) in [5.41, 5.74) is 0.402. The highest BCUT2D eigenvalue weighted by molar-refractivity contribution is 6.05. The van der Waals surface area contributed by atoms with E-state index >= 15 is 0 Å². The number of carbonyl (C=O) groups excluding carboxylic acids is 3. The summed E-state index contributed by atoms with van der Waals surface area (Å²) >= 11 is 0. The van der Waals surface area contributed by atoms with Crippen LogP contribution in [0.1, 0.15) is 67.7 Å². The Balaban J connectivity index is 2.23. The second-order valence-corrected chi connectivity index (χ2v) is 10.0. The molecule has 2 N–H and O–H groups in total. The molecule has 0 heterocycles. The number of nitrogens with zero attached hydrogens (tertiary/aromatic N) is 1. The molecule has 1 aromatic carbocycles. The highest BCUT2D eigenvalue weighted by atomic mass is 16.6. The molecule has 182 valence electrons. The van der Waals surface area contributed by atoms with Crippen LogP contribution in [0.2, 0.25) is 0 Å². The van der Waals surface area contributed by atoms with Crippen molar-refractivity contribution in [2.24, 2.45) is 5.41 Å². The number of ether oxygens (including phenoxy) is 2. The van der Waals surface area contributed by atoms with Crippen LogP contribution in [0.3, 0.4) is 0 Å². The van der Waals surface area contributed by atoms with Crippen molar-refractivity contribution in [1.29, 1.82) is 0 Å². The Morgan fingerprint density at radius 2 is 1.79 bits per heavy atom. The van der Waals surface area contributed by atoms with Crippen molar-refractivity contribution >= 4 is 23.7 Å². The normalized spacial score (nSPS) is 16.2. The van der Waals surface area contributed by atoms with Crippen LogP contribution >= 0.6 is 0 Å². The highest BCUT2D eigenvalue weighted by Gasteiger charge is 2.35. The van der Waals surface area contributed by atoms with E-state index in [9.17, 15) is 14.4 Å². The van der Waals surface area contributed by atoms with Gasteiger partial charge < -0.3 is 20.1 Å². The second-order valence-electron chi connectivity index (χ2n) is 10.0.